The molecule has 2 aliphatic rings. The van der Waals surface area contributed by atoms with Gasteiger partial charge >= 0.3 is 24.4 Å². The van der Waals surface area contributed by atoms with Gasteiger partial charge in [-0.05, 0) is 78.9 Å². The molecule has 0 spiro atoms. The van der Waals surface area contributed by atoms with Crippen molar-refractivity contribution < 1.29 is 49.8 Å². The fourth-order valence-electron chi connectivity index (χ4n) is 6.96. The van der Waals surface area contributed by atoms with Crippen LogP contribution in [0.2, 0.25) is 5.02 Å². The van der Waals surface area contributed by atoms with Crippen LogP contribution >= 0.6 is 11.6 Å². The Morgan fingerprint density at radius 1 is 0.635 bits per heavy atom. The topological polar surface area (TPSA) is 83.1 Å². The van der Waals surface area contributed by atoms with Gasteiger partial charge in [0.15, 0.2) is 0 Å². The highest BCUT2D eigenvalue weighted by Gasteiger charge is 2.41. The average Bonchev–Trinajstić information content (AvgIpc) is 3.19. The predicted octanol–water partition coefficient (Wildman–Crippen LogP) is 11.2. The molecular weight excluding hydrogens is 853 g/mol. The Bertz CT molecular complexity index is 2300. The molecule has 63 heavy (non-hydrogen) atoms. The maximum absolute atomic E-state index is 13.7. The van der Waals surface area contributed by atoms with E-state index in [4.69, 9.17) is 21.1 Å². The highest BCUT2D eigenvalue weighted by molar-refractivity contribution is 6.30. The molecule has 2 unspecified atom stereocenters. The molecule has 334 valence electrons. The average molecular weight is 899 g/mol. The molecule has 0 bridgehead atoms. The van der Waals surface area contributed by atoms with E-state index in [1.807, 2.05) is 51.1 Å². The number of urea groups is 2. The van der Waals surface area contributed by atoms with Crippen LogP contribution in [0.4, 0.5) is 40.3 Å². The van der Waals surface area contributed by atoms with E-state index in [0.29, 0.717) is 41.9 Å². The summed E-state index contributed by atoms with van der Waals surface area (Å²) in [6, 6.07) is 32.0. The van der Waals surface area contributed by atoms with Crippen LogP contribution in [0.1, 0.15) is 71.9 Å². The Morgan fingerprint density at radius 2 is 1.11 bits per heavy atom. The Balaban J connectivity index is 0.000000213. The third-order valence-electron chi connectivity index (χ3n) is 10.1. The number of hydrogen-bond donors (Lipinski definition) is 2. The lowest BCUT2D eigenvalue weighted by Crippen LogP contribution is -2.60. The van der Waals surface area contributed by atoms with Crippen LogP contribution in [-0.4, -0.2) is 65.8 Å². The molecule has 5 aromatic rings. The zero-order valence-corrected chi connectivity index (χ0v) is 35.3. The number of nitrogens with zero attached hydrogens (tertiary/aromatic N) is 2. The van der Waals surface area contributed by atoms with Gasteiger partial charge in [0.1, 0.15) is 18.0 Å². The van der Waals surface area contributed by atoms with E-state index in [-0.39, 0.29) is 47.9 Å². The van der Waals surface area contributed by atoms with Gasteiger partial charge in [-0.1, -0.05) is 109 Å². The van der Waals surface area contributed by atoms with Gasteiger partial charge in [-0.25, -0.2) is 14.0 Å². The number of hydrogen-bond acceptors (Lipinski definition) is 4. The molecule has 2 saturated heterocycles. The molecule has 0 saturated carbocycles. The number of alkyl halides is 6. The second kappa shape index (κ2) is 19.8. The van der Waals surface area contributed by atoms with E-state index >= 15 is 0 Å². The van der Waals surface area contributed by atoms with Gasteiger partial charge in [0.2, 0.25) is 0 Å². The van der Waals surface area contributed by atoms with Crippen molar-refractivity contribution in [3.8, 4) is 0 Å². The van der Waals surface area contributed by atoms with Crippen LogP contribution in [0, 0.1) is 5.82 Å². The number of benzene rings is 5. The first-order valence-corrected chi connectivity index (χ1v) is 20.4. The minimum Gasteiger partial charge on any atom is -0.362 e. The molecule has 2 aliphatic heterocycles. The SMILES string of the molecule is CC(C)(C)NC(=O)N1CC(OC(c2ccccc2)c2ccccc2C(F)(F)F)C1.O=C(NCc1ccccc1)N1CC(OC(c2ccc(Cl)cc2)c2ccc(F)cc2C(F)(F)F)C1. The molecule has 0 radical (unpaired) electrons. The number of ether oxygens (including phenoxy) is 2. The van der Waals surface area contributed by atoms with Crippen molar-refractivity contribution in [2.75, 3.05) is 26.2 Å². The molecule has 4 amide bonds. The lowest BCUT2D eigenvalue weighted by molar-refractivity contribution is -0.141. The predicted molar refractivity (Wildman–Crippen MR) is 224 cm³/mol. The van der Waals surface area contributed by atoms with Gasteiger partial charge < -0.3 is 29.9 Å². The van der Waals surface area contributed by atoms with Crippen molar-refractivity contribution in [2.24, 2.45) is 0 Å². The number of carbonyl (C=O) groups is 2. The normalized spacial score (nSPS) is 15.6. The lowest BCUT2D eigenvalue weighted by atomic mass is 9.95. The van der Waals surface area contributed by atoms with Crippen molar-refractivity contribution in [1.29, 1.82) is 0 Å². The number of nitrogens with one attached hydrogen (secondary N) is 2. The van der Waals surface area contributed by atoms with E-state index in [0.717, 1.165) is 23.8 Å². The molecule has 2 atom stereocenters. The lowest BCUT2D eigenvalue weighted by Gasteiger charge is -2.42. The smallest absolute Gasteiger partial charge is 0.362 e. The highest BCUT2D eigenvalue weighted by atomic mass is 35.5. The van der Waals surface area contributed by atoms with Crippen LogP contribution in [-0.2, 0) is 28.4 Å². The van der Waals surface area contributed by atoms with Crippen molar-refractivity contribution in [3.63, 3.8) is 0 Å². The molecule has 7 rings (SSSR count). The number of likely N-dealkylation sites (tertiary alicyclic amines) is 2. The van der Waals surface area contributed by atoms with E-state index in [2.05, 4.69) is 10.6 Å². The summed E-state index contributed by atoms with van der Waals surface area (Å²) in [5, 5.41) is 6.09. The summed E-state index contributed by atoms with van der Waals surface area (Å²) in [6.45, 7) is 7.12. The zero-order chi connectivity index (χ0) is 45.5. The van der Waals surface area contributed by atoms with Crippen LogP contribution in [0.3, 0.4) is 0 Å². The first kappa shape index (κ1) is 46.9. The molecule has 0 aliphatic carbocycles. The zero-order valence-electron chi connectivity index (χ0n) is 34.5. The maximum atomic E-state index is 13.7. The van der Waals surface area contributed by atoms with Crippen molar-refractivity contribution in [3.05, 3.63) is 177 Å². The van der Waals surface area contributed by atoms with Crippen LogP contribution in [0.25, 0.3) is 0 Å². The second-order valence-electron chi connectivity index (χ2n) is 16.2. The van der Waals surface area contributed by atoms with Gasteiger partial charge in [0, 0.05) is 17.1 Å². The Hall–Kier alpha value is -5.64. The highest BCUT2D eigenvalue weighted by Crippen LogP contribution is 2.41. The van der Waals surface area contributed by atoms with E-state index in [1.54, 1.807) is 65.6 Å². The number of halogens is 8. The van der Waals surface area contributed by atoms with Crippen molar-refractivity contribution >= 4 is 23.7 Å². The van der Waals surface area contributed by atoms with Crippen LogP contribution in [0.5, 0.6) is 0 Å². The number of rotatable bonds is 10. The summed E-state index contributed by atoms with van der Waals surface area (Å²) in [5.41, 5.74) is -0.286. The number of amides is 4. The summed E-state index contributed by atoms with van der Waals surface area (Å²) < 4.78 is 108. The molecular formula is C47H46ClF7N4O4. The fraction of sp³-hybridized carbons (Fsp3) is 0.319. The Kier molecular flexibility index (Phi) is 14.7. The summed E-state index contributed by atoms with van der Waals surface area (Å²) >= 11 is 5.94. The summed E-state index contributed by atoms with van der Waals surface area (Å²) in [7, 11) is 0. The Morgan fingerprint density at radius 3 is 1.65 bits per heavy atom. The van der Waals surface area contributed by atoms with Gasteiger partial charge in [0.25, 0.3) is 0 Å². The van der Waals surface area contributed by atoms with Gasteiger partial charge in [-0.3, -0.25) is 0 Å². The molecule has 8 nitrogen and oxygen atoms in total. The first-order valence-electron chi connectivity index (χ1n) is 20.0. The summed E-state index contributed by atoms with van der Waals surface area (Å²) in [5.74, 6) is -0.990. The maximum Gasteiger partial charge on any atom is 0.416 e. The first-order chi connectivity index (χ1) is 29.7. The van der Waals surface area contributed by atoms with Crippen LogP contribution in [0.15, 0.2) is 127 Å². The van der Waals surface area contributed by atoms with Gasteiger partial charge in [-0.2, -0.15) is 26.3 Å². The van der Waals surface area contributed by atoms with Crippen molar-refractivity contribution in [2.45, 2.75) is 69.6 Å². The van der Waals surface area contributed by atoms with E-state index in [9.17, 15) is 40.3 Å². The number of carbonyl (C=O) groups excluding carboxylic acids is 2. The second-order valence-corrected chi connectivity index (χ2v) is 16.6. The minimum atomic E-state index is -4.77. The quantitative estimate of drug-likeness (QED) is 0.137. The van der Waals surface area contributed by atoms with Crippen LogP contribution < -0.4 is 10.6 Å². The molecule has 16 heteroatoms. The van der Waals surface area contributed by atoms with Gasteiger partial charge in [-0.15, -0.1) is 0 Å². The molecule has 2 N–H and O–H groups in total. The third-order valence-corrected chi connectivity index (χ3v) is 10.4. The van der Waals surface area contributed by atoms with E-state index in [1.165, 1.54) is 17.0 Å². The minimum absolute atomic E-state index is 0.0730. The molecule has 5 aromatic carbocycles. The molecule has 0 aromatic heterocycles. The molecule has 2 heterocycles. The largest absolute Gasteiger partial charge is 0.416 e. The van der Waals surface area contributed by atoms with Gasteiger partial charge in [0.05, 0.1) is 49.5 Å². The third kappa shape index (κ3) is 12.7. The molecule has 2 fully saturated rings. The standard InChI is InChI=1S/C25H21ClF4N2O2.C22H25F3N2O2/c26-18-8-6-17(7-9-18)23(21-11-10-19(27)12-22(21)25(28,29)30)34-20-14-32(15-20)24(33)31-13-16-4-2-1-3-5-16;1-21(2,3)26-20(28)27-13-16(14-27)29-19(15-9-5-4-6-10-15)17-11-7-8-12-18(17)22(23,24)25/h1-12,20,23H,13-15H2,(H,31,33);4-12,16,19H,13-14H2,1-3H3,(H,26,28). The summed E-state index contributed by atoms with van der Waals surface area (Å²) in [4.78, 5) is 27.7. The van der Waals surface area contributed by atoms with Crippen molar-refractivity contribution in [1.82, 2.24) is 20.4 Å². The fourth-order valence-corrected chi connectivity index (χ4v) is 7.09. The Labute approximate surface area is 365 Å². The van der Waals surface area contributed by atoms with E-state index < -0.39 is 47.6 Å². The monoisotopic (exact) mass is 898 g/mol. The summed E-state index contributed by atoms with van der Waals surface area (Å²) in [6.07, 6.45) is -12.1.